The molecule has 11 heteroatoms. The smallest absolute Gasteiger partial charge is 0.240 e. The van der Waals surface area contributed by atoms with Crippen molar-refractivity contribution in [3.8, 4) is 6.07 Å². The van der Waals surface area contributed by atoms with E-state index in [2.05, 4.69) is 10.5 Å². The minimum absolute atomic E-state index is 0.0591. The van der Waals surface area contributed by atoms with Gasteiger partial charge in [0.1, 0.15) is 12.4 Å². The zero-order valence-corrected chi connectivity index (χ0v) is 20.9. The standard InChI is InChI=1S/C27H26FN5O5/c1-26-14-32(13-21(34)30-12-16-3-6-19(31-37)7-4-16)15-27(2,38-26)23-22(26)24(35)33(25(23)36)20-8-5-17(11-29)18(9-20)10-28/h3-9,22-23H,10,12-15H2,1-2H3,(H,30,34)/t22?,23?,26-,27+. The molecule has 3 saturated heterocycles. The molecule has 5 rings (SSSR count). The van der Waals surface area contributed by atoms with Crippen LogP contribution in [0.3, 0.4) is 0 Å². The molecule has 2 unspecified atom stereocenters. The average Bonchev–Trinajstić information content (AvgIpc) is 3.27. The molecule has 3 heterocycles. The van der Waals surface area contributed by atoms with Crippen LogP contribution in [0.4, 0.5) is 15.8 Å². The van der Waals surface area contributed by atoms with E-state index >= 15 is 0 Å². The largest absolute Gasteiger partial charge is 0.365 e. The molecule has 0 radical (unpaired) electrons. The number of halogens is 1. The van der Waals surface area contributed by atoms with E-state index in [-0.39, 0.29) is 48.9 Å². The summed E-state index contributed by atoms with van der Waals surface area (Å²) in [5.41, 5.74) is -0.390. The SMILES string of the molecule is C[C@]12CN(CC(=O)NCc3ccc(N=O)cc3)C[C@](C)(O1)C1C(=O)N(c3ccc(C#N)c(CF)c3)C(=O)C12. The number of benzene rings is 2. The third kappa shape index (κ3) is 4.15. The highest BCUT2D eigenvalue weighted by atomic mass is 19.1. The summed E-state index contributed by atoms with van der Waals surface area (Å²) in [4.78, 5) is 53.5. The molecule has 196 valence electrons. The number of morpholine rings is 1. The van der Waals surface area contributed by atoms with Crippen molar-refractivity contribution in [3.63, 3.8) is 0 Å². The first kappa shape index (κ1) is 25.6. The van der Waals surface area contributed by atoms with Gasteiger partial charge in [-0.05, 0) is 54.9 Å². The fourth-order valence-electron chi connectivity index (χ4n) is 6.20. The number of amides is 3. The van der Waals surface area contributed by atoms with Crippen molar-refractivity contribution in [2.45, 2.75) is 38.3 Å². The van der Waals surface area contributed by atoms with E-state index in [1.54, 1.807) is 38.1 Å². The third-order valence-electron chi connectivity index (χ3n) is 7.67. The molecule has 0 spiro atoms. The summed E-state index contributed by atoms with van der Waals surface area (Å²) < 4.78 is 19.8. The molecule has 1 N–H and O–H groups in total. The van der Waals surface area contributed by atoms with Gasteiger partial charge in [0.05, 0.1) is 46.9 Å². The highest BCUT2D eigenvalue weighted by Gasteiger charge is 2.71. The van der Waals surface area contributed by atoms with Gasteiger partial charge in [0, 0.05) is 25.2 Å². The summed E-state index contributed by atoms with van der Waals surface area (Å²) in [7, 11) is 0. The number of alkyl halides is 1. The van der Waals surface area contributed by atoms with Crippen LogP contribution >= 0.6 is 0 Å². The lowest BCUT2D eigenvalue weighted by molar-refractivity contribution is -0.170. The first-order valence-electron chi connectivity index (χ1n) is 12.2. The van der Waals surface area contributed by atoms with Crippen LogP contribution in [0.5, 0.6) is 0 Å². The Morgan fingerprint density at radius 2 is 1.76 bits per heavy atom. The van der Waals surface area contributed by atoms with Gasteiger partial charge in [-0.2, -0.15) is 5.26 Å². The third-order valence-corrected chi connectivity index (χ3v) is 7.67. The molecule has 3 fully saturated rings. The summed E-state index contributed by atoms with van der Waals surface area (Å²) >= 11 is 0. The zero-order valence-electron chi connectivity index (χ0n) is 20.9. The lowest BCUT2D eigenvalue weighted by atomic mass is 9.79. The number of nitriles is 1. The molecule has 38 heavy (non-hydrogen) atoms. The van der Waals surface area contributed by atoms with E-state index in [0.717, 1.165) is 10.5 Å². The number of anilines is 1. The molecule has 4 atom stereocenters. The quantitative estimate of drug-likeness (QED) is 0.439. The average molecular weight is 520 g/mol. The summed E-state index contributed by atoms with van der Waals surface area (Å²) in [6.07, 6.45) is 0. The van der Waals surface area contributed by atoms with Gasteiger partial charge in [0.25, 0.3) is 0 Å². The van der Waals surface area contributed by atoms with Gasteiger partial charge < -0.3 is 10.1 Å². The van der Waals surface area contributed by atoms with Gasteiger partial charge >= 0.3 is 0 Å². The second-order valence-corrected chi connectivity index (χ2v) is 10.5. The second-order valence-electron chi connectivity index (χ2n) is 10.5. The van der Waals surface area contributed by atoms with Crippen molar-refractivity contribution >= 4 is 29.1 Å². The van der Waals surface area contributed by atoms with Gasteiger partial charge in [-0.1, -0.05) is 12.1 Å². The van der Waals surface area contributed by atoms with Crippen LogP contribution < -0.4 is 10.2 Å². The van der Waals surface area contributed by atoms with Crippen LogP contribution in [0.1, 0.15) is 30.5 Å². The molecular formula is C27H26FN5O5. The topological polar surface area (TPSA) is 132 Å². The number of nitrogens with zero attached hydrogens (tertiary/aromatic N) is 4. The minimum atomic E-state index is -1.01. The number of hydrogen-bond acceptors (Lipinski definition) is 8. The zero-order chi connectivity index (χ0) is 27.2. The predicted octanol–water partition coefficient (Wildman–Crippen LogP) is 2.71. The van der Waals surface area contributed by atoms with Gasteiger partial charge in [0.2, 0.25) is 17.7 Å². The Morgan fingerprint density at radius 1 is 1.13 bits per heavy atom. The molecule has 0 saturated carbocycles. The highest BCUT2D eigenvalue weighted by Crippen LogP contribution is 2.55. The fourth-order valence-corrected chi connectivity index (χ4v) is 6.20. The Morgan fingerprint density at radius 3 is 2.32 bits per heavy atom. The maximum Gasteiger partial charge on any atom is 0.240 e. The minimum Gasteiger partial charge on any atom is -0.365 e. The second kappa shape index (κ2) is 9.38. The lowest BCUT2D eigenvalue weighted by Crippen LogP contribution is -2.59. The first-order chi connectivity index (χ1) is 18.1. The van der Waals surface area contributed by atoms with Crippen LogP contribution in [0.2, 0.25) is 0 Å². The van der Waals surface area contributed by atoms with Gasteiger partial charge in [0.15, 0.2) is 0 Å². The van der Waals surface area contributed by atoms with E-state index in [0.29, 0.717) is 5.69 Å². The Kier molecular flexibility index (Phi) is 6.33. The van der Waals surface area contributed by atoms with Crippen molar-refractivity contribution in [2.75, 3.05) is 24.5 Å². The molecule has 3 aliphatic heterocycles. The van der Waals surface area contributed by atoms with E-state index in [9.17, 15) is 28.9 Å². The molecule has 3 amide bonds. The number of likely N-dealkylation sites (tertiary alicyclic amines) is 1. The molecule has 0 aromatic heterocycles. The molecule has 10 nitrogen and oxygen atoms in total. The Labute approximate surface area is 218 Å². The maximum absolute atomic E-state index is 13.6. The van der Waals surface area contributed by atoms with Crippen LogP contribution in [-0.4, -0.2) is 53.5 Å². The molecular weight excluding hydrogens is 493 g/mol. The van der Waals surface area contributed by atoms with Crippen molar-refractivity contribution in [3.05, 3.63) is 64.1 Å². The first-order valence-corrected chi connectivity index (χ1v) is 12.2. The van der Waals surface area contributed by atoms with Crippen LogP contribution in [0.25, 0.3) is 0 Å². The number of carbonyl (C=O) groups is 3. The fraction of sp³-hybridized carbons (Fsp3) is 0.407. The maximum atomic E-state index is 13.6. The molecule has 2 bridgehead atoms. The highest BCUT2D eigenvalue weighted by molar-refractivity contribution is 6.23. The van der Waals surface area contributed by atoms with Crippen molar-refractivity contribution in [2.24, 2.45) is 17.0 Å². The number of imide groups is 1. The number of carbonyl (C=O) groups excluding carboxylic acids is 3. The number of rotatable bonds is 7. The van der Waals surface area contributed by atoms with Crippen molar-refractivity contribution in [1.29, 1.82) is 5.26 Å². The summed E-state index contributed by atoms with van der Waals surface area (Å²) in [5, 5.41) is 14.9. The molecule has 2 aromatic rings. The summed E-state index contributed by atoms with van der Waals surface area (Å²) in [5.74, 6) is -2.61. The normalized spacial score (nSPS) is 28.2. The number of hydrogen-bond donors (Lipinski definition) is 1. The van der Waals surface area contributed by atoms with E-state index in [1.807, 2.05) is 11.0 Å². The van der Waals surface area contributed by atoms with Gasteiger partial charge in [-0.25, -0.2) is 9.29 Å². The van der Waals surface area contributed by atoms with Crippen LogP contribution in [-0.2, 0) is 32.3 Å². The van der Waals surface area contributed by atoms with Crippen molar-refractivity contribution in [1.82, 2.24) is 10.2 Å². The number of nitroso groups, excluding NO2 is 1. The number of fused-ring (bicyclic) bond motifs is 5. The number of nitrogens with one attached hydrogen (secondary N) is 1. The Hall–Kier alpha value is -4.01. The molecule has 3 aliphatic rings. The molecule has 0 aliphatic carbocycles. The van der Waals surface area contributed by atoms with E-state index < -0.39 is 41.5 Å². The Balaban J connectivity index is 1.31. The lowest BCUT2D eigenvalue weighted by Gasteiger charge is -2.44. The number of ether oxygens (including phenoxy) is 1. The molecule has 2 aromatic carbocycles. The van der Waals surface area contributed by atoms with Crippen molar-refractivity contribution < 1.29 is 23.5 Å². The summed E-state index contributed by atoms with van der Waals surface area (Å²) in [6, 6.07) is 12.7. The van der Waals surface area contributed by atoms with E-state index in [4.69, 9.17) is 4.74 Å². The van der Waals surface area contributed by atoms with Gasteiger partial charge in [-0.15, -0.1) is 4.91 Å². The van der Waals surface area contributed by atoms with Crippen LogP contribution in [0.15, 0.2) is 47.6 Å². The summed E-state index contributed by atoms with van der Waals surface area (Å²) in [6.45, 7) is 3.55. The Bertz CT molecular complexity index is 1340. The monoisotopic (exact) mass is 519 g/mol. The van der Waals surface area contributed by atoms with E-state index in [1.165, 1.54) is 18.2 Å². The van der Waals surface area contributed by atoms with Crippen LogP contribution in [0, 0.1) is 28.1 Å². The predicted molar refractivity (Wildman–Crippen MR) is 134 cm³/mol. The van der Waals surface area contributed by atoms with Gasteiger partial charge in [-0.3, -0.25) is 19.3 Å².